The maximum Gasteiger partial charge on any atom is 0.0908 e. The lowest BCUT2D eigenvalue weighted by atomic mass is 10.2. The maximum absolute atomic E-state index is 4.33. The molecule has 0 atom stereocenters. The van der Waals surface area contributed by atoms with Gasteiger partial charge in [-0.15, -0.1) is 0 Å². The zero-order valence-electron chi connectivity index (χ0n) is 9.54. The second-order valence-electron chi connectivity index (χ2n) is 3.88. The number of fused-ring (bicyclic) bond motifs is 1. The van der Waals surface area contributed by atoms with Crippen LogP contribution in [0.15, 0.2) is 43.0 Å². The van der Waals surface area contributed by atoms with Crippen LogP contribution in [0.4, 0.5) is 0 Å². The van der Waals surface area contributed by atoms with Crippen LogP contribution in [-0.4, -0.2) is 19.7 Å². The van der Waals surface area contributed by atoms with Gasteiger partial charge < -0.3 is 0 Å². The molecule has 0 unspecified atom stereocenters. The van der Waals surface area contributed by atoms with E-state index in [1.54, 1.807) is 12.4 Å². The maximum atomic E-state index is 4.33. The molecule has 0 N–H and O–H groups in total. The van der Waals surface area contributed by atoms with Crippen molar-refractivity contribution in [1.29, 1.82) is 0 Å². The lowest BCUT2D eigenvalue weighted by molar-refractivity contribution is 0.880. The summed E-state index contributed by atoms with van der Waals surface area (Å²) < 4.78 is 1.87. The molecule has 2 heterocycles. The Labute approximate surface area is 98.9 Å². The van der Waals surface area contributed by atoms with Crippen molar-refractivity contribution in [2.45, 2.75) is 13.3 Å². The molecule has 4 nitrogen and oxygen atoms in total. The summed E-state index contributed by atoms with van der Waals surface area (Å²) >= 11 is 0. The van der Waals surface area contributed by atoms with E-state index in [1.807, 2.05) is 35.3 Å². The molecular formula is C13H12N4. The molecule has 0 spiro atoms. The lowest BCUT2D eigenvalue weighted by Gasteiger charge is -2.02. The molecule has 0 saturated carbocycles. The van der Waals surface area contributed by atoms with Crippen molar-refractivity contribution < 1.29 is 0 Å². The third-order valence-corrected chi connectivity index (χ3v) is 2.76. The summed E-state index contributed by atoms with van der Waals surface area (Å²) in [6.45, 7) is 2.12. The highest BCUT2D eigenvalue weighted by Crippen LogP contribution is 2.14. The van der Waals surface area contributed by atoms with Crippen molar-refractivity contribution in [2.75, 3.05) is 0 Å². The molecule has 3 rings (SSSR count). The second-order valence-corrected chi connectivity index (χ2v) is 3.88. The van der Waals surface area contributed by atoms with Crippen molar-refractivity contribution in [3.8, 4) is 5.69 Å². The smallest absolute Gasteiger partial charge is 0.0908 e. The van der Waals surface area contributed by atoms with Crippen LogP contribution in [0.1, 0.15) is 12.5 Å². The molecule has 0 fully saturated rings. The van der Waals surface area contributed by atoms with Crippen LogP contribution in [0.25, 0.3) is 16.7 Å². The fraction of sp³-hybridized carbons (Fsp3) is 0.154. The van der Waals surface area contributed by atoms with E-state index in [0.717, 1.165) is 23.1 Å². The predicted octanol–water partition coefficient (Wildman–Crippen LogP) is 2.38. The Morgan fingerprint density at radius 2 is 1.94 bits per heavy atom. The third kappa shape index (κ3) is 1.78. The van der Waals surface area contributed by atoms with Gasteiger partial charge in [-0.25, -0.2) is 4.68 Å². The van der Waals surface area contributed by atoms with Gasteiger partial charge in [-0.3, -0.25) is 9.97 Å². The molecule has 1 aromatic carbocycles. The van der Waals surface area contributed by atoms with Gasteiger partial charge in [0.1, 0.15) is 0 Å². The number of hydrogen-bond donors (Lipinski definition) is 0. The molecular weight excluding hydrogens is 212 g/mol. The normalized spacial score (nSPS) is 10.9. The van der Waals surface area contributed by atoms with E-state index in [1.165, 1.54) is 5.56 Å². The number of nitrogens with zero attached hydrogens (tertiary/aromatic N) is 4. The van der Waals surface area contributed by atoms with Crippen LogP contribution >= 0.6 is 0 Å². The summed E-state index contributed by atoms with van der Waals surface area (Å²) in [5.41, 5.74) is 4.03. The first-order valence-corrected chi connectivity index (χ1v) is 5.61. The number of aromatic nitrogens is 4. The Kier molecular flexibility index (Phi) is 2.33. The van der Waals surface area contributed by atoms with Crippen LogP contribution in [0.2, 0.25) is 0 Å². The standard InChI is InChI=1S/C13H12N4/c1-2-10-8-16-17(9-10)11-3-4-12-13(7-11)15-6-5-14-12/h3-9H,2H2,1H3. The summed E-state index contributed by atoms with van der Waals surface area (Å²) in [5, 5.41) is 4.33. The fourth-order valence-corrected chi connectivity index (χ4v) is 1.78. The first-order valence-electron chi connectivity index (χ1n) is 5.61. The molecule has 4 heteroatoms. The van der Waals surface area contributed by atoms with Crippen molar-refractivity contribution in [1.82, 2.24) is 19.7 Å². The minimum atomic E-state index is 0.888. The Balaban J connectivity index is 2.11. The molecule has 0 amide bonds. The van der Waals surface area contributed by atoms with Crippen molar-refractivity contribution in [2.24, 2.45) is 0 Å². The average Bonchev–Trinajstić information content (AvgIpc) is 2.87. The molecule has 0 aliphatic rings. The van der Waals surface area contributed by atoms with Crippen LogP contribution in [0, 0.1) is 0 Å². The van der Waals surface area contributed by atoms with Crippen molar-refractivity contribution in [3.05, 3.63) is 48.5 Å². The third-order valence-electron chi connectivity index (χ3n) is 2.76. The van der Waals surface area contributed by atoms with Crippen molar-refractivity contribution in [3.63, 3.8) is 0 Å². The highest BCUT2D eigenvalue weighted by Gasteiger charge is 2.02. The van der Waals surface area contributed by atoms with Gasteiger partial charge in [0.05, 0.1) is 22.9 Å². The van der Waals surface area contributed by atoms with Gasteiger partial charge >= 0.3 is 0 Å². The summed E-state index contributed by atoms with van der Waals surface area (Å²) in [5.74, 6) is 0. The summed E-state index contributed by atoms with van der Waals surface area (Å²) in [6.07, 6.45) is 8.32. The topological polar surface area (TPSA) is 43.6 Å². The van der Waals surface area contributed by atoms with Crippen molar-refractivity contribution >= 4 is 11.0 Å². The second kappa shape index (κ2) is 3.97. The van der Waals surface area contributed by atoms with Gasteiger partial charge in [-0.1, -0.05) is 6.92 Å². The quantitative estimate of drug-likeness (QED) is 0.671. The molecule has 3 aromatic rings. The molecule has 0 saturated heterocycles. The predicted molar refractivity (Wildman–Crippen MR) is 66.0 cm³/mol. The van der Waals surface area contributed by atoms with E-state index < -0.39 is 0 Å². The minimum Gasteiger partial charge on any atom is -0.253 e. The molecule has 0 radical (unpaired) electrons. The Hall–Kier alpha value is -2.23. The Morgan fingerprint density at radius 1 is 1.12 bits per heavy atom. The van der Waals surface area contributed by atoms with Crippen LogP contribution in [0.5, 0.6) is 0 Å². The number of benzene rings is 1. The molecule has 84 valence electrons. The largest absolute Gasteiger partial charge is 0.253 e. The number of aryl methyl sites for hydroxylation is 1. The first kappa shape index (κ1) is 9.96. The highest BCUT2D eigenvalue weighted by atomic mass is 15.3. The summed E-state index contributed by atoms with van der Waals surface area (Å²) in [4.78, 5) is 8.54. The van der Waals surface area contributed by atoms with E-state index in [0.29, 0.717) is 0 Å². The Morgan fingerprint density at radius 3 is 2.71 bits per heavy atom. The monoisotopic (exact) mass is 224 g/mol. The Bertz CT molecular complexity index is 657. The van der Waals surface area contributed by atoms with Gasteiger partial charge in [0.15, 0.2) is 0 Å². The van der Waals surface area contributed by atoms with E-state index >= 15 is 0 Å². The van der Waals surface area contributed by atoms with Crippen LogP contribution in [0.3, 0.4) is 0 Å². The van der Waals surface area contributed by atoms with Crippen LogP contribution < -0.4 is 0 Å². The van der Waals surface area contributed by atoms with Gasteiger partial charge in [0, 0.05) is 18.6 Å². The lowest BCUT2D eigenvalue weighted by Crippen LogP contribution is -1.94. The summed E-state index contributed by atoms with van der Waals surface area (Å²) in [7, 11) is 0. The van der Waals surface area contributed by atoms with Crippen LogP contribution in [-0.2, 0) is 6.42 Å². The molecule has 2 aromatic heterocycles. The van der Waals surface area contributed by atoms with E-state index in [-0.39, 0.29) is 0 Å². The van der Waals surface area contributed by atoms with E-state index in [4.69, 9.17) is 0 Å². The number of hydrogen-bond acceptors (Lipinski definition) is 3. The van der Waals surface area contributed by atoms with Gasteiger partial charge in [0.25, 0.3) is 0 Å². The minimum absolute atomic E-state index is 0.888. The first-order chi connectivity index (χ1) is 8.36. The zero-order chi connectivity index (χ0) is 11.7. The summed E-state index contributed by atoms with van der Waals surface area (Å²) in [6, 6.07) is 5.96. The number of rotatable bonds is 2. The molecule has 0 aliphatic heterocycles. The fourth-order valence-electron chi connectivity index (χ4n) is 1.78. The van der Waals surface area contributed by atoms with E-state index in [9.17, 15) is 0 Å². The van der Waals surface area contributed by atoms with E-state index in [2.05, 4.69) is 22.0 Å². The molecule has 0 bridgehead atoms. The molecule has 17 heavy (non-hydrogen) atoms. The van der Waals surface area contributed by atoms with Gasteiger partial charge in [-0.2, -0.15) is 5.10 Å². The average molecular weight is 224 g/mol. The SMILES string of the molecule is CCc1cnn(-c2ccc3nccnc3c2)c1. The van der Waals surface area contributed by atoms with Gasteiger partial charge in [-0.05, 0) is 30.2 Å². The zero-order valence-corrected chi connectivity index (χ0v) is 9.54. The highest BCUT2D eigenvalue weighted by molar-refractivity contribution is 5.76. The molecule has 0 aliphatic carbocycles. The van der Waals surface area contributed by atoms with Gasteiger partial charge in [0.2, 0.25) is 0 Å².